The minimum atomic E-state index is -0.951. The molecule has 0 aromatic rings. The van der Waals surface area contributed by atoms with E-state index < -0.39 is 5.79 Å². The molecule has 2 bridgehead atoms. The standard InChI is InChI=1S/C15H24O2/c1-9(2)13-8-14-11(4)5-6-12(14)10(3)7-15(13,16)17-14/h10-12,16H,5-8H2,1-4H3/t10-,11-,12-,14-,15+/m0/s1. The first-order valence-electron chi connectivity index (χ1n) is 6.98. The van der Waals surface area contributed by atoms with Crippen LogP contribution in [0.2, 0.25) is 0 Å². The van der Waals surface area contributed by atoms with Crippen LogP contribution in [0.15, 0.2) is 11.1 Å². The molecule has 2 aliphatic heterocycles. The predicted molar refractivity (Wildman–Crippen MR) is 67.4 cm³/mol. The second-order valence-corrected chi connectivity index (χ2v) is 6.76. The van der Waals surface area contributed by atoms with Gasteiger partial charge in [0.1, 0.15) is 0 Å². The van der Waals surface area contributed by atoms with E-state index in [4.69, 9.17) is 4.74 Å². The van der Waals surface area contributed by atoms with Gasteiger partial charge >= 0.3 is 0 Å². The van der Waals surface area contributed by atoms with Gasteiger partial charge in [-0.1, -0.05) is 19.4 Å². The lowest BCUT2D eigenvalue weighted by Crippen LogP contribution is -2.50. The van der Waals surface area contributed by atoms with Crippen LogP contribution >= 0.6 is 0 Å². The Morgan fingerprint density at radius 2 is 2.00 bits per heavy atom. The highest BCUT2D eigenvalue weighted by molar-refractivity contribution is 5.31. The second-order valence-electron chi connectivity index (χ2n) is 6.76. The van der Waals surface area contributed by atoms with E-state index in [1.165, 1.54) is 24.0 Å². The summed E-state index contributed by atoms with van der Waals surface area (Å²) < 4.78 is 6.25. The molecule has 0 aromatic heterocycles. The van der Waals surface area contributed by atoms with E-state index in [1.807, 2.05) is 0 Å². The Hall–Kier alpha value is -0.340. The van der Waals surface area contributed by atoms with Crippen molar-refractivity contribution >= 4 is 0 Å². The Kier molecular flexibility index (Phi) is 2.32. The lowest BCUT2D eigenvalue weighted by molar-refractivity contribution is -0.270. The van der Waals surface area contributed by atoms with Crippen LogP contribution in [0, 0.1) is 17.8 Å². The van der Waals surface area contributed by atoms with Gasteiger partial charge in [-0.25, -0.2) is 0 Å². The fraction of sp³-hybridized carbons (Fsp3) is 0.867. The number of allylic oxidation sites excluding steroid dienone is 1. The Bertz CT molecular complexity index is 382. The molecule has 1 spiro atoms. The average Bonchev–Trinajstić information content (AvgIpc) is 2.65. The van der Waals surface area contributed by atoms with Gasteiger partial charge in [0.2, 0.25) is 0 Å². The first kappa shape index (κ1) is 11.7. The van der Waals surface area contributed by atoms with Crippen LogP contribution in [0.1, 0.15) is 53.4 Å². The van der Waals surface area contributed by atoms with Crippen LogP contribution in [-0.2, 0) is 4.74 Å². The number of aliphatic hydroxyl groups is 1. The topological polar surface area (TPSA) is 29.5 Å². The van der Waals surface area contributed by atoms with Crippen LogP contribution in [0.3, 0.4) is 0 Å². The lowest BCUT2D eigenvalue weighted by atomic mass is 9.75. The summed E-state index contributed by atoms with van der Waals surface area (Å²) >= 11 is 0. The normalized spacial score (nSPS) is 52.8. The first-order chi connectivity index (χ1) is 7.89. The molecule has 2 nitrogen and oxygen atoms in total. The molecule has 3 rings (SSSR count). The molecule has 1 aliphatic carbocycles. The molecular formula is C15H24O2. The van der Waals surface area contributed by atoms with Crippen LogP contribution < -0.4 is 0 Å². The fourth-order valence-electron chi connectivity index (χ4n) is 4.67. The van der Waals surface area contributed by atoms with Crippen molar-refractivity contribution in [2.24, 2.45) is 17.8 Å². The van der Waals surface area contributed by atoms with E-state index in [1.54, 1.807) is 0 Å². The number of fused-ring (bicyclic) bond motifs is 1. The highest BCUT2D eigenvalue weighted by Crippen LogP contribution is 2.63. The van der Waals surface area contributed by atoms with Crippen molar-refractivity contribution in [3.63, 3.8) is 0 Å². The van der Waals surface area contributed by atoms with Gasteiger partial charge in [0, 0.05) is 12.8 Å². The Balaban J connectivity index is 2.11. The molecule has 0 radical (unpaired) electrons. The van der Waals surface area contributed by atoms with Crippen LogP contribution in [0.25, 0.3) is 0 Å². The summed E-state index contributed by atoms with van der Waals surface area (Å²) in [5.41, 5.74) is 2.36. The quantitative estimate of drug-likeness (QED) is 0.654. The summed E-state index contributed by atoms with van der Waals surface area (Å²) in [6.45, 7) is 8.80. The van der Waals surface area contributed by atoms with Crippen molar-refractivity contribution in [1.29, 1.82) is 0 Å². The number of hydrogen-bond acceptors (Lipinski definition) is 2. The summed E-state index contributed by atoms with van der Waals surface area (Å²) in [6, 6.07) is 0. The molecule has 1 saturated carbocycles. The maximum atomic E-state index is 10.8. The van der Waals surface area contributed by atoms with Crippen molar-refractivity contribution in [2.75, 3.05) is 0 Å². The molecule has 0 aromatic carbocycles. The van der Waals surface area contributed by atoms with Crippen molar-refractivity contribution < 1.29 is 9.84 Å². The van der Waals surface area contributed by atoms with Gasteiger partial charge in [0.05, 0.1) is 5.60 Å². The van der Waals surface area contributed by atoms with Crippen LogP contribution in [0.5, 0.6) is 0 Å². The zero-order valence-electron chi connectivity index (χ0n) is 11.4. The maximum Gasteiger partial charge on any atom is 0.189 e. The Labute approximate surface area is 104 Å². The SMILES string of the molecule is CC(C)=C1C[C@@]23O[C@]1(O)C[C@H](C)[C@@H]2CC[C@@H]3C. The third-order valence-electron chi connectivity index (χ3n) is 5.55. The van der Waals surface area contributed by atoms with Gasteiger partial charge < -0.3 is 9.84 Å². The molecular weight excluding hydrogens is 212 g/mol. The number of rotatable bonds is 0. The molecule has 1 N–H and O–H groups in total. The summed E-state index contributed by atoms with van der Waals surface area (Å²) in [5, 5.41) is 10.8. The van der Waals surface area contributed by atoms with Crippen molar-refractivity contribution in [2.45, 2.75) is 64.8 Å². The van der Waals surface area contributed by atoms with Crippen molar-refractivity contribution in [3.05, 3.63) is 11.1 Å². The third kappa shape index (κ3) is 1.34. The van der Waals surface area contributed by atoms with Gasteiger partial charge in [0.25, 0.3) is 0 Å². The molecule has 2 heterocycles. The van der Waals surface area contributed by atoms with E-state index in [0.717, 1.165) is 12.8 Å². The fourth-order valence-corrected chi connectivity index (χ4v) is 4.67. The number of hydrogen-bond donors (Lipinski definition) is 1. The molecule has 96 valence electrons. The third-order valence-corrected chi connectivity index (χ3v) is 5.55. The molecule has 17 heavy (non-hydrogen) atoms. The maximum absolute atomic E-state index is 10.8. The monoisotopic (exact) mass is 236 g/mol. The average molecular weight is 236 g/mol. The van der Waals surface area contributed by atoms with E-state index in [0.29, 0.717) is 17.8 Å². The highest BCUT2D eigenvalue weighted by Gasteiger charge is 2.65. The Morgan fingerprint density at radius 1 is 1.29 bits per heavy atom. The van der Waals surface area contributed by atoms with E-state index >= 15 is 0 Å². The molecule has 5 atom stereocenters. The van der Waals surface area contributed by atoms with Gasteiger partial charge in [0.15, 0.2) is 5.79 Å². The largest absolute Gasteiger partial charge is 0.362 e. The Morgan fingerprint density at radius 3 is 2.65 bits per heavy atom. The van der Waals surface area contributed by atoms with Crippen molar-refractivity contribution in [3.8, 4) is 0 Å². The van der Waals surface area contributed by atoms with Gasteiger partial charge in [-0.05, 0) is 50.0 Å². The number of ether oxygens (including phenoxy) is 1. The van der Waals surface area contributed by atoms with Crippen LogP contribution in [-0.4, -0.2) is 16.5 Å². The summed E-state index contributed by atoms with van der Waals surface area (Å²) in [7, 11) is 0. The van der Waals surface area contributed by atoms with Gasteiger partial charge in [-0.3, -0.25) is 0 Å². The zero-order chi connectivity index (χ0) is 12.4. The molecule has 3 aliphatic rings. The van der Waals surface area contributed by atoms with Gasteiger partial charge in [-0.2, -0.15) is 0 Å². The summed E-state index contributed by atoms with van der Waals surface area (Å²) in [4.78, 5) is 0. The van der Waals surface area contributed by atoms with Crippen LogP contribution in [0.4, 0.5) is 0 Å². The van der Waals surface area contributed by atoms with Gasteiger partial charge in [-0.15, -0.1) is 0 Å². The van der Waals surface area contributed by atoms with Crippen molar-refractivity contribution in [1.82, 2.24) is 0 Å². The lowest BCUT2D eigenvalue weighted by Gasteiger charge is -2.45. The minimum Gasteiger partial charge on any atom is -0.362 e. The van der Waals surface area contributed by atoms with E-state index in [9.17, 15) is 5.11 Å². The summed E-state index contributed by atoms with van der Waals surface area (Å²) in [5.74, 6) is 0.858. The molecule has 2 saturated heterocycles. The smallest absolute Gasteiger partial charge is 0.189 e. The predicted octanol–water partition coefficient (Wildman–Crippen LogP) is 3.26. The molecule has 0 amide bonds. The molecule has 0 unspecified atom stereocenters. The van der Waals surface area contributed by atoms with E-state index in [2.05, 4.69) is 27.7 Å². The summed E-state index contributed by atoms with van der Waals surface area (Å²) in [6.07, 6.45) is 4.27. The molecule has 2 heteroatoms. The zero-order valence-corrected chi connectivity index (χ0v) is 11.4. The first-order valence-corrected chi connectivity index (χ1v) is 6.98. The minimum absolute atomic E-state index is 0.0565. The second kappa shape index (κ2) is 3.36. The highest BCUT2D eigenvalue weighted by atomic mass is 16.6. The molecule has 3 fully saturated rings. The van der Waals surface area contributed by atoms with E-state index in [-0.39, 0.29) is 5.60 Å².